The molecule has 6 nitrogen and oxygen atoms in total. The van der Waals surface area contributed by atoms with Crippen molar-refractivity contribution in [3.05, 3.63) is 72.6 Å². The van der Waals surface area contributed by atoms with Crippen molar-refractivity contribution in [2.45, 2.75) is 37.8 Å². The Morgan fingerprint density at radius 2 is 1.57 bits per heavy atom. The van der Waals surface area contributed by atoms with Gasteiger partial charge in [0.1, 0.15) is 6.10 Å². The van der Waals surface area contributed by atoms with Crippen molar-refractivity contribution in [3.8, 4) is 22.9 Å². The molecule has 0 saturated heterocycles. The molecule has 154 valence electrons. The van der Waals surface area contributed by atoms with E-state index in [1.54, 1.807) is 19.5 Å². The molecule has 3 aromatic rings. The maximum atomic E-state index is 12.6. The lowest BCUT2D eigenvalue weighted by Crippen LogP contribution is -2.39. The molecule has 1 heterocycles. The molecule has 0 radical (unpaired) electrons. The average molecular weight is 403 g/mol. The molecular weight excluding hydrogens is 378 g/mol. The lowest BCUT2D eigenvalue weighted by atomic mass is 9.92. The van der Waals surface area contributed by atoms with Gasteiger partial charge < -0.3 is 14.8 Å². The first-order valence-electron chi connectivity index (χ1n) is 10.2. The van der Waals surface area contributed by atoms with Crippen molar-refractivity contribution < 1.29 is 14.3 Å². The molecule has 1 fully saturated rings. The largest absolute Gasteiger partial charge is 0.480 e. The van der Waals surface area contributed by atoms with E-state index in [4.69, 9.17) is 9.47 Å². The van der Waals surface area contributed by atoms with Crippen LogP contribution >= 0.6 is 0 Å². The summed E-state index contributed by atoms with van der Waals surface area (Å²) in [6, 6.07) is 18.0. The summed E-state index contributed by atoms with van der Waals surface area (Å²) in [6.45, 7) is 0. The highest BCUT2D eigenvalue weighted by molar-refractivity contribution is 5.94. The Hall–Kier alpha value is -3.41. The third-order valence-electron chi connectivity index (χ3n) is 5.35. The Morgan fingerprint density at radius 1 is 0.900 bits per heavy atom. The molecule has 1 saturated carbocycles. The number of benzene rings is 2. The van der Waals surface area contributed by atoms with Crippen molar-refractivity contribution in [2.75, 3.05) is 7.11 Å². The molecule has 6 heteroatoms. The molecule has 30 heavy (non-hydrogen) atoms. The van der Waals surface area contributed by atoms with E-state index >= 15 is 0 Å². The molecule has 1 amide bonds. The third kappa shape index (κ3) is 4.95. The first kappa shape index (κ1) is 19.9. The van der Waals surface area contributed by atoms with Crippen molar-refractivity contribution in [1.29, 1.82) is 0 Å². The molecule has 0 unspecified atom stereocenters. The van der Waals surface area contributed by atoms with E-state index in [2.05, 4.69) is 27.4 Å². The van der Waals surface area contributed by atoms with Crippen LogP contribution in [0.2, 0.25) is 0 Å². The summed E-state index contributed by atoms with van der Waals surface area (Å²) in [7, 11) is 1.55. The molecule has 0 bridgehead atoms. The van der Waals surface area contributed by atoms with E-state index in [-0.39, 0.29) is 18.1 Å². The lowest BCUT2D eigenvalue weighted by Gasteiger charge is -2.29. The Bertz CT molecular complexity index is 969. The normalized spacial score (nSPS) is 18.4. The van der Waals surface area contributed by atoms with E-state index in [1.807, 2.05) is 42.5 Å². The summed E-state index contributed by atoms with van der Waals surface area (Å²) in [6.07, 6.45) is 6.67. The van der Waals surface area contributed by atoms with Crippen LogP contribution in [0.3, 0.4) is 0 Å². The summed E-state index contributed by atoms with van der Waals surface area (Å²) < 4.78 is 11.0. The Labute approximate surface area is 176 Å². The van der Waals surface area contributed by atoms with E-state index in [1.165, 1.54) is 0 Å². The first-order chi connectivity index (χ1) is 14.7. The van der Waals surface area contributed by atoms with Gasteiger partial charge in [-0.25, -0.2) is 0 Å². The zero-order chi connectivity index (χ0) is 20.8. The fourth-order valence-corrected chi connectivity index (χ4v) is 3.70. The second-order valence-electron chi connectivity index (χ2n) is 7.41. The van der Waals surface area contributed by atoms with Crippen LogP contribution < -0.4 is 14.8 Å². The van der Waals surface area contributed by atoms with Crippen LogP contribution in [0.15, 0.2) is 67.0 Å². The minimum atomic E-state index is -0.0300. The number of methoxy groups -OCH3 is 1. The molecular formula is C24H25N3O3. The minimum absolute atomic E-state index is 0.0300. The second kappa shape index (κ2) is 9.39. The van der Waals surface area contributed by atoms with Gasteiger partial charge in [-0.05, 0) is 48.9 Å². The number of hydrogen-bond acceptors (Lipinski definition) is 5. The number of nitrogens with one attached hydrogen (secondary N) is 1. The molecule has 0 spiro atoms. The van der Waals surface area contributed by atoms with Gasteiger partial charge in [0.15, 0.2) is 0 Å². The van der Waals surface area contributed by atoms with Crippen LogP contribution in [0.1, 0.15) is 36.0 Å². The zero-order valence-electron chi connectivity index (χ0n) is 17.0. The average Bonchev–Trinajstić information content (AvgIpc) is 2.81. The summed E-state index contributed by atoms with van der Waals surface area (Å²) in [4.78, 5) is 20.9. The van der Waals surface area contributed by atoms with E-state index < -0.39 is 0 Å². The van der Waals surface area contributed by atoms with E-state index in [0.717, 1.165) is 36.8 Å². The Morgan fingerprint density at radius 3 is 2.27 bits per heavy atom. The Kier molecular flexibility index (Phi) is 6.23. The van der Waals surface area contributed by atoms with Crippen LogP contribution in [-0.2, 0) is 0 Å². The fraction of sp³-hybridized carbons (Fsp3) is 0.292. The second-order valence-corrected chi connectivity index (χ2v) is 7.41. The van der Waals surface area contributed by atoms with Crippen LogP contribution in [-0.4, -0.2) is 35.1 Å². The van der Waals surface area contributed by atoms with Gasteiger partial charge >= 0.3 is 0 Å². The van der Waals surface area contributed by atoms with Gasteiger partial charge in [-0.3, -0.25) is 9.78 Å². The number of ether oxygens (including phenoxy) is 2. The van der Waals surface area contributed by atoms with Crippen molar-refractivity contribution in [1.82, 2.24) is 15.3 Å². The molecule has 2 aromatic carbocycles. The Balaban J connectivity index is 1.28. The predicted molar refractivity (Wildman–Crippen MR) is 115 cm³/mol. The van der Waals surface area contributed by atoms with Crippen LogP contribution in [0.4, 0.5) is 0 Å². The number of nitrogens with zero attached hydrogens (tertiary/aromatic N) is 2. The fourth-order valence-electron chi connectivity index (χ4n) is 3.70. The number of aromatic nitrogens is 2. The van der Waals surface area contributed by atoms with Crippen molar-refractivity contribution in [3.63, 3.8) is 0 Å². The van der Waals surface area contributed by atoms with E-state index in [0.29, 0.717) is 17.3 Å². The maximum absolute atomic E-state index is 12.6. The molecule has 1 aromatic heterocycles. The molecule has 0 atom stereocenters. The summed E-state index contributed by atoms with van der Waals surface area (Å²) in [5.41, 5.74) is 2.92. The smallest absolute Gasteiger partial charge is 0.251 e. The SMILES string of the molecule is COc1cncc(OC2CCC(NC(=O)c3ccc(-c4ccccc4)cc3)CC2)n1. The lowest BCUT2D eigenvalue weighted by molar-refractivity contribution is 0.0889. The van der Waals surface area contributed by atoms with Gasteiger partial charge in [-0.2, -0.15) is 4.98 Å². The third-order valence-corrected chi connectivity index (χ3v) is 5.35. The van der Waals surface area contributed by atoms with Crippen LogP contribution in [0, 0.1) is 0 Å². The van der Waals surface area contributed by atoms with Crippen molar-refractivity contribution >= 4 is 5.91 Å². The van der Waals surface area contributed by atoms with Gasteiger partial charge in [0.05, 0.1) is 19.5 Å². The quantitative estimate of drug-likeness (QED) is 0.665. The van der Waals surface area contributed by atoms with Crippen LogP contribution in [0.5, 0.6) is 11.8 Å². The highest BCUT2D eigenvalue weighted by Crippen LogP contribution is 2.24. The van der Waals surface area contributed by atoms with Gasteiger partial charge in [0.2, 0.25) is 11.8 Å². The zero-order valence-corrected chi connectivity index (χ0v) is 17.0. The van der Waals surface area contributed by atoms with Gasteiger partial charge in [-0.1, -0.05) is 42.5 Å². The highest BCUT2D eigenvalue weighted by Gasteiger charge is 2.24. The van der Waals surface area contributed by atoms with E-state index in [9.17, 15) is 4.79 Å². The molecule has 4 rings (SSSR count). The van der Waals surface area contributed by atoms with Crippen LogP contribution in [0.25, 0.3) is 11.1 Å². The summed E-state index contributed by atoms with van der Waals surface area (Å²) >= 11 is 0. The standard InChI is InChI=1S/C24H25N3O3/c1-29-22-15-25-16-23(27-22)30-21-13-11-20(12-14-21)26-24(28)19-9-7-18(8-10-19)17-5-3-2-4-6-17/h2-10,15-16,20-21H,11-14H2,1H3,(H,26,28). The molecule has 1 aliphatic carbocycles. The number of rotatable bonds is 6. The maximum Gasteiger partial charge on any atom is 0.251 e. The van der Waals surface area contributed by atoms with Gasteiger partial charge in [0, 0.05) is 11.6 Å². The monoisotopic (exact) mass is 403 g/mol. The molecule has 1 aliphatic rings. The topological polar surface area (TPSA) is 73.3 Å². The van der Waals surface area contributed by atoms with Gasteiger partial charge in [0.25, 0.3) is 5.91 Å². The minimum Gasteiger partial charge on any atom is -0.480 e. The molecule has 0 aliphatic heterocycles. The molecule has 1 N–H and O–H groups in total. The predicted octanol–water partition coefficient (Wildman–Crippen LogP) is 4.27. The number of carbonyl (C=O) groups excluding carboxylic acids is 1. The first-order valence-corrected chi connectivity index (χ1v) is 10.2. The number of carbonyl (C=O) groups is 1. The number of amides is 1. The van der Waals surface area contributed by atoms with Gasteiger partial charge in [-0.15, -0.1) is 0 Å². The summed E-state index contributed by atoms with van der Waals surface area (Å²) in [5, 5.41) is 3.15. The number of hydrogen-bond donors (Lipinski definition) is 1. The highest BCUT2D eigenvalue weighted by atomic mass is 16.5. The van der Waals surface area contributed by atoms with Crippen molar-refractivity contribution in [2.24, 2.45) is 0 Å². The summed E-state index contributed by atoms with van der Waals surface area (Å²) in [5.74, 6) is 0.879.